The van der Waals surface area contributed by atoms with Gasteiger partial charge in [0.2, 0.25) is 11.8 Å². The maximum absolute atomic E-state index is 12.8. The summed E-state index contributed by atoms with van der Waals surface area (Å²) in [5.74, 6) is -0.00668. The third-order valence-electron chi connectivity index (χ3n) is 5.21. The first kappa shape index (κ1) is 18.7. The van der Waals surface area contributed by atoms with Gasteiger partial charge in [-0.2, -0.15) is 0 Å². The molecule has 0 spiro atoms. The van der Waals surface area contributed by atoms with Crippen molar-refractivity contribution in [3.63, 3.8) is 0 Å². The van der Waals surface area contributed by atoms with E-state index in [1.807, 2.05) is 42.5 Å². The molecule has 0 aromatic heterocycles. The molecule has 2 amide bonds. The van der Waals surface area contributed by atoms with E-state index in [9.17, 15) is 9.59 Å². The molecule has 138 valence electrons. The molecule has 0 aliphatic carbocycles. The molecule has 2 heterocycles. The predicted molar refractivity (Wildman–Crippen MR) is 106 cm³/mol. The third kappa shape index (κ3) is 3.69. The molecule has 4 rings (SSSR count). The van der Waals surface area contributed by atoms with Crippen molar-refractivity contribution in [1.82, 2.24) is 10.2 Å². The quantitative estimate of drug-likeness (QED) is 0.869. The van der Waals surface area contributed by atoms with Crippen molar-refractivity contribution in [2.45, 2.75) is 37.8 Å². The monoisotopic (exact) mass is 373 g/mol. The molecule has 26 heavy (non-hydrogen) atoms. The first-order valence-corrected chi connectivity index (χ1v) is 9.06. The van der Waals surface area contributed by atoms with Crippen LogP contribution in [0.4, 0.5) is 5.69 Å². The number of likely N-dealkylation sites (tertiary alicyclic amines) is 1. The number of carbonyl (C=O) groups excluding carboxylic acids is 2. The molecule has 2 aromatic carbocycles. The second-order valence-electron chi connectivity index (χ2n) is 6.89. The van der Waals surface area contributed by atoms with Gasteiger partial charge in [-0.15, -0.1) is 12.4 Å². The van der Waals surface area contributed by atoms with E-state index in [2.05, 4.69) is 10.6 Å². The number of carbonyl (C=O) groups is 2. The topological polar surface area (TPSA) is 61.4 Å². The highest BCUT2D eigenvalue weighted by Crippen LogP contribution is 2.23. The van der Waals surface area contributed by atoms with Crippen LogP contribution in [0.3, 0.4) is 0 Å². The number of hydrogen-bond donors (Lipinski definition) is 2. The molecule has 2 aliphatic rings. The number of benzene rings is 2. The average Bonchev–Trinajstić information content (AvgIpc) is 3.33. The van der Waals surface area contributed by atoms with Crippen molar-refractivity contribution in [3.05, 3.63) is 42.5 Å². The smallest absolute Gasteiger partial charge is 0.247 e. The summed E-state index contributed by atoms with van der Waals surface area (Å²) in [5.41, 5.74) is 0.780. The molecule has 2 aromatic rings. The average molecular weight is 374 g/mol. The second kappa shape index (κ2) is 8.06. The van der Waals surface area contributed by atoms with Gasteiger partial charge in [-0.3, -0.25) is 9.59 Å². The molecule has 2 N–H and O–H groups in total. The Morgan fingerprint density at radius 3 is 2.62 bits per heavy atom. The first-order chi connectivity index (χ1) is 12.2. The van der Waals surface area contributed by atoms with E-state index in [0.717, 1.165) is 48.7 Å². The lowest BCUT2D eigenvalue weighted by Gasteiger charge is -2.26. The molecule has 2 atom stereocenters. The van der Waals surface area contributed by atoms with Crippen LogP contribution in [-0.4, -0.2) is 41.9 Å². The van der Waals surface area contributed by atoms with Crippen molar-refractivity contribution >= 4 is 40.7 Å². The Morgan fingerprint density at radius 2 is 1.85 bits per heavy atom. The number of nitrogens with one attached hydrogen (secondary N) is 2. The number of amides is 2. The highest BCUT2D eigenvalue weighted by atomic mass is 35.5. The minimum atomic E-state index is -0.360. The van der Waals surface area contributed by atoms with E-state index < -0.39 is 0 Å². The van der Waals surface area contributed by atoms with Crippen LogP contribution in [0, 0.1) is 0 Å². The summed E-state index contributed by atoms with van der Waals surface area (Å²) in [6, 6.07) is 13.5. The van der Waals surface area contributed by atoms with E-state index in [-0.39, 0.29) is 36.3 Å². The second-order valence-corrected chi connectivity index (χ2v) is 6.89. The number of hydrogen-bond acceptors (Lipinski definition) is 3. The summed E-state index contributed by atoms with van der Waals surface area (Å²) in [6.07, 6.45) is 3.51. The number of rotatable bonds is 3. The van der Waals surface area contributed by atoms with Crippen molar-refractivity contribution in [3.8, 4) is 0 Å². The van der Waals surface area contributed by atoms with E-state index >= 15 is 0 Å². The van der Waals surface area contributed by atoms with Crippen LogP contribution in [0.5, 0.6) is 0 Å². The van der Waals surface area contributed by atoms with Gasteiger partial charge < -0.3 is 15.5 Å². The number of halogens is 1. The summed E-state index contributed by atoms with van der Waals surface area (Å²) in [7, 11) is 0. The van der Waals surface area contributed by atoms with E-state index in [1.54, 1.807) is 4.90 Å². The number of fused-ring (bicyclic) bond motifs is 1. The maximum atomic E-state index is 12.8. The highest BCUT2D eigenvalue weighted by Gasteiger charge is 2.37. The Kier molecular flexibility index (Phi) is 5.79. The molecular weight excluding hydrogens is 350 g/mol. The molecule has 5 nitrogen and oxygen atoms in total. The fourth-order valence-electron chi connectivity index (χ4n) is 3.89. The Hall–Kier alpha value is -2.11. The van der Waals surface area contributed by atoms with E-state index in [4.69, 9.17) is 0 Å². The van der Waals surface area contributed by atoms with Gasteiger partial charge in [0, 0.05) is 12.2 Å². The molecule has 2 unspecified atom stereocenters. The summed E-state index contributed by atoms with van der Waals surface area (Å²) in [5, 5.41) is 8.47. The van der Waals surface area contributed by atoms with Gasteiger partial charge >= 0.3 is 0 Å². The first-order valence-electron chi connectivity index (χ1n) is 9.06. The minimum absolute atomic E-state index is 0. The normalized spacial score (nSPS) is 22.2. The molecule has 6 heteroatoms. The molecule has 0 radical (unpaired) electrons. The van der Waals surface area contributed by atoms with Crippen LogP contribution < -0.4 is 10.6 Å². The summed E-state index contributed by atoms with van der Waals surface area (Å²) in [4.78, 5) is 27.2. The molecule has 0 saturated carbocycles. The van der Waals surface area contributed by atoms with E-state index in [1.165, 1.54) is 0 Å². The largest absolute Gasteiger partial charge is 0.329 e. The Bertz CT molecular complexity index is 804. The van der Waals surface area contributed by atoms with Gasteiger partial charge in [0.1, 0.15) is 6.04 Å². The summed E-state index contributed by atoms with van der Waals surface area (Å²) >= 11 is 0. The standard InChI is InChI=1S/C20H23N3O2.ClH/c24-19(22-16-10-9-14-5-1-2-6-15(14)13-16)18-8-4-12-23(18)20(25)17-7-3-11-21-17;/h1-2,5-6,9-10,13,17-18,21H,3-4,7-8,11-12H2,(H,22,24);1H. The van der Waals surface area contributed by atoms with Crippen molar-refractivity contribution in [1.29, 1.82) is 0 Å². The third-order valence-corrected chi connectivity index (χ3v) is 5.21. The highest BCUT2D eigenvalue weighted by molar-refractivity contribution is 5.99. The molecule has 0 bridgehead atoms. The fourth-order valence-corrected chi connectivity index (χ4v) is 3.89. The number of anilines is 1. The van der Waals surface area contributed by atoms with E-state index in [0.29, 0.717) is 6.54 Å². The molecule has 2 fully saturated rings. The summed E-state index contributed by atoms with van der Waals surface area (Å²) in [6.45, 7) is 1.56. The van der Waals surface area contributed by atoms with Crippen molar-refractivity contribution < 1.29 is 9.59 Å². The zero-order valence-corrected chi connectivity index (χ0v) is 15.4. The zero-order chi connectivity index (χ0) is 17.2. The lowest BCUT2D eigenvalue weighted by Crippen LogP contribution is -2.49. The summed E-state index contributed by atoms with van der Waals surface area (Å²) < 4.78 is 0. The Morgan fingerprint density at radius 1 is 1.04 bits per heavy atom. The van der Waals surface area contributed by atoms with Gasteiger partial charge in [0.25, 0.3) is 0 Å². The van der Waals surface area contributed by atoms with Crippen LogP contribution >= 0.6 is 12.4 Å². The SMILES string of the molecule is Cl.O=C(Nc1ccc2ccccc2c1)C1CCCN1C(=O)C1CCCN1. The van der Waals surface area contributed by atoms with Crippen LogP contribution in [0.2, 0.25) is 0 Å². The van der Waals surface area contributed by atoms with Crippen molar-refractivity contribution in [2.24, 2.45) is 0 Å². The van der Waals surface area contributed by atoms with Gasteiger partial charge in [-0.05, 0) is 55.1 Å². The fraction of sp³-hybridized carbons (Fsp3) is 0.400. The van der Waals surface area contributed by atoms with Crippen molar-refractivity contribution in [2.75, 3.05) is 18.4 Å². The molecule has 2 aliphatic heterocycles. The lowest BCUT2D eigenvalue weighted by atomic mass is 10.1. The van der Waals surface area contributed by atoms with Gasteiger partial charge in [-0.1, -0.05) is 30.3 Å². The van der Waals surface area contributed by atoms with Crippen LogP contribution in [0.1, 0.15) is 25.7 Å². The Labute approximate surface area is 159 Å². The predicted octanol–water partition coefficient (Wildman–Crippen LogP) is 2.94. The van der Waals surface area contributed by atoms with Crippen LogP contribution in [-0.2, 0) is 9.59 Å². The van der Waals surface area contributed by atoms with Gasteiger partial charge in [0.05, 0.1) is 6.04 Å². The minimum Gasteiger partial charge on any atom is -0.329 e. The maximum Gasteiger partial charge on any atom is 0.247 e. The molecular formula is C20H24ClN3O2. The van der Waals surface area contributed by atoms with Gasteiger partial charge in [0.15, 0.2) is 0 Å². The zero-order valence-electron chi connectivity index (χ0n) is 14.6. The van der Waals surface area contributed by atoms with Crippen LogP contribution in [0.15, 0.2) is 42.5 Å². The number of nitrogens with zero attached hydrogens (tertiary/aromatic N) is 1. The van der Waals surface area contributed by atoms with Gasteiger partial charge in [-0.25, -0.2) is 0 Å². The lowest BCUT2D eigenvalue weighted by molar-refractivity contribution is -0.138. The molecule has 2 saturated heterocycles. The Balaban J connectivity index is 0.00000196. The van der Waals surface area contributed by atoms with Crippen LogP contribution in [0.25, 0.3) is 10.8 Å².